The Morgan fingerprint density at radius 3 is 2.31 bits per heavy atom. The monoisotopic (exact) mass is 187 g/mol. The van der Waals surface area contributed by atoms with E-state index in [4.69, 9.17) is 10.4 Å². The predicted molar refractivity (Wildman–Crippen MR) is 37.8 cm³/mol. The van der Waals surface area contributed by atoms with Crippen molar-refractivity contribution in [1.29, 1.82) is 5.26 Å². The van der Waals surface area contributed by atoms with Crippen LogP contribution >= 0.6 is 0 Å². The number of hydrogen-bond acceptors (Lipinski definition) is 2. The lowest BCUT2D eigenvalue weighted by Crippen LogP contribution is -2.04. The number of nitrogens with zero attached hydrogens (tertiary/aromatic N) is 1. The largest absolute Gasteiger partial charge is 0.507 e. The fourth-order valence-corrected chi connectivity index (χ4v) is 0.803. The quantitative estimate of drug-likeness (QED) is 0.677. The maximum atomic E-state index is 12.0. The van der Waals surface area contributed by atoms with E-state index in [1.807, 2.05) is 0 Å². The lowest BCUT2D eigenvalue weighted by atomic mass is 10.1. The van der Waals surface area contributed by atoms with Gasteiger partial charge in [0.05, 0.1) is 11.1 Å². The first-order chi connectivity index (χ1) is 5.95. The number of hydrogen-bond donors (Lipinski definition) is 1. The van der Waals surface area contributed by atoms with Gasteiger partial charge in [0, 0.05) is 0 Å². The standard InChI is InChI=1S/C8H4F3NO/c9-8(10,11)6-2-1-5(4-12)7(13)3-6/h1-3,13H. The van der Waals surface area contributed by atoms with Crippen LogP contribution in [0.2, 0.25) is 0 Å². The van der Waals surface area contributed by atoms with Crippen molar-refractivity contribution in [2.24, 2.45) is 0 Å². The van der Waals surface area contributed by atoms with E-state index < -0.39 is 17.5 Å². The molecule has 1 aromatic carbocycles. The van der Waals surface area contributed by atoms with Crippen LogP contribution in [0, 0.1) is 11.3 Å². The van der Waals surface area contributed by atoms with Gasteiger partial charge in [-0.15, -0.1) is 0 Å². The average molecular weight is 187 g/mol. The fourth-order valence-electron chi connectivity index (χ4n) is 0.803. The SMILES string of the molecule is N#Cc1ccc(C(F)(F)F)cc1O. The molecule has 1 aromatic rings. The van der Waals surface area contributed by atoms with Crippen molar-refractivity contribution in [2.45, 2.75) is 6.18 Å². The third-order valence-electron chi connectivity index (χ3n) is 1.45. The summed E-state index contributed by atoms with van der Waals surface area (Å²) in [6.07, 6.45) is -4.49. The Bertz CT molecular complexity index is 365. The van der Waals surface area contributed by atoms with Crippen molar-refractivity contribution in [3.63, 3.8) is 0 Å². The number of nitriles is 1. The van der Waals surface area contributed by atoms with Crippen LogP contribution in [0.3, 0.4) is 0 Å². The van der Waals surface area contributed by atoms with E-state index in [1.165, 1.54) is 0 Å². The van der Waals surface area contributed by atoms with Crippen molar-refractivity contribution in [3.8, 4) is 11.8 Å². The Kier molecular flexibility index (Phi) is 2.15. The maximum Gasteiger partial charge on any atom is 0.416 e. The van der Waals surface area contributed by atoms with Gasteiger partial charge in [-0.2, -0.15) is 18.4 Å². The van der Waals surface area contributed by atoms with Crippen molar-refractivity contribution in [1.82, 2.24) is 0 Å². The van der Waals surface area contributed by atoms with Gasteiger partial charge in [0.15, 0.2) is 0 Å². The molecule has 0 bridgehead atoms. The number of benzene rings is 1. The van der Waals surface area contributed by atoms with E-state index in [1.54, 1.807) is 6.07 Å². The topological polar surface area (TPSA) is 44.0 Å². The molecule has 0 unspecified atom stereocenters. The minimum Gasteiger partial charge on any atom is -0.507 e. The molecular weight excluding hydrogens is 183 g/mol. The molecule has 0 heterocycles. The first kappa shape index (κ1) is 9.39. The van der Waals surface area contributed by atoms with Crippen LogP contribution in [0.15, 0.2) is 18.2 Å². The third-order valence-corrected chi connectivity index (χ3v) is 1.45. The van der Waals surface area contributed by atoms with Crippen molar-refractivity contribution < 1.29 is 18.3 Å². The molecule has 1 N–H and O–H groups in total. The summed E-state index contributed by atoms with van der Waals surface area (Å²) in [5, 5.41) is 17.3. The van der Waals surface area contributed by atoms with Crippen LogP contribution < -0.4 is 0 Å². The number of halogens is 3. The predicted octanol–water partition coefficient (Wildman–Crippen LogP) is 2.28. The molecule has 0 fully saturated rings. The molecule has 0 saturated heterocycles. The van der Waals surface area contributed by atoms with Gasteiger partial charge >= 0.3 is 6.18 Å². The number of phenolic OH excluding ortho intramolecular Hbond substituents is 1. The van der Waals surface area contributed by atoms with E-state index in [2.05, 4.69) is 0 Å². The van der Waals surface area contributed by atoms with Gasteiger partial charge in [0.25, 0.3) is 0 Å². The van der Waals surface area contributed by atoms with Gasteiger partial charge in [-0.25, -0.2) is 0 Å². The summed E-state index contributed by atoms with van der Waals surface area (Å²) in [6.45, 7) is 0. The fraction of sp³-hybridized carbons (Fsp3) is 0.125. The summed E-state index contributed by atoms with van der Waals surface area (Å²) < 4.78 is 36.0. The summed E-state index contributed by atoms with van der Waals surface area (Å²) in [4.78, 5) is 0. The second-order valence-corrected chi connectivity index (χ2v) is 2.34. The van der Waals surface area contributed by atoms with Crippen LogP contribution in [-0.2, 0) is 6.18 Å². The molecule has 0 atom stereocenters. The molecule has 0 amide bonds. The normalized spacial score (nSPS) is 10.9. The highest BCUT2D eigenvalue weighted by molar-refractivity contribution is 5.44. The molecule has 68 valence electrons. The molecule has 0 radical (unpaired) electrons. The van der Waals surface area contributed by atoms with E-state index in [9.17, 15) is 13.2 Å². The highest BCUT2D eigenvalue weighted by Crippen LogP contribution is 2.32. The van der Waals surface area contributed by atoms with E-state index in [-0.39, 0.29) is 5.56 Å². The number of rotatable bonds is 0. The van der Waals surface area contributed by atoms with Gasteiger partial charge in [-0.05, 0) is 18.2 Å². The molecule has 0 aliphatic heterocycles. The molecule has 0 aromatic heterocycles. The average Bonchev–Trinajstić information content (AvgIpc) is 2.02. The zero-order valence-electron chi connectivity index (χ0n) is 6.26. The van der Waals surface area contributed by atoms with Crippen LogP contribution in [0.4, 0.5) is 13.2 Å². The lowest BCUT2D eigenvalue weighted by molar-refractivity contribution is -0.137. The van der Waals surface area contributed by atoms with E-state index >= 15 is 0 Å². The van der Waals surface area contributed by atoms with Gasteiger partial charge in [0.1, 0.15) is 11.8 Å². The number of phenols is 1. The second-order valence-electron chi connectivity index (χ2n) is 2.34. The van der Waals surface area contributed by atoms with Crippen molar-refractivity contribution in [3.05, 3.63) is 29.3 Å². The molecule has 5 heteroatoms. The van der Waals surface area contributed by atoms with Crippen LogP contribution in [0.25, 0.3) is 0 Å². The Labute approximate surface area is 71.8 Å². The van der Waals surface area contributed by atoms with E-state index in [0.29, 0.717) is 6.07 Å². The Morgan fingerprint density at radius 1 is 1.31 bits per heavy atom. The summed E-state index contributed by atoms with van der Waals surface area (Å²) in [5.41, 5.74) is -1.14. The zero-order valence-corrected chi connectivity index (χ0v) is 6.26. The molecule has 13 heavy (non-hydrogen) atoms. The van der Waals surface area contributed by atoms with Crippen molar-refractivity contribution in [2.75, 3.05) is 0 Å². The number of alkyl halides is 3. The summed E-state index contributed by atoms with van der Waals surface area (Å²) in [5.74, 6) is -0.655. The van der Waals surface area contributed by atoms with Crippen LogP contribution in [-0.4, -0.2) is 5.11 Å². The lowest BCUT2D eigenvalue weighted by Gasteiger charge is -2.06. The Morgan fingerprint density at radius 2 is 1.92 bits per heavy atom. The van der Waals surface area contributed by atoms with Gasteiger partial charge in [-0.3, -0.25) is 0 Å². The highest BCUT2D eigenvalue weighted by atomic mass is 19.4. The van der Waals surface area contributed by atoms with Gasteiger partial charge < -0.3 is 5.11 Å². The van der Waals surface area contributed by atoms with Gasteiger partial charge in [0.2, 0.25) is 0 Å². The molecule has 0 saturated carbocycles. The summed E-state index contributed by atoms with van der Waals surface area (Å²) in [7, 11) is 0. The first-order valence-electron chi connectivity index (χ1n) is 3.25. The molecule has 1 rings (SSSR count). The summed E-state index contributed by atoms with van der Waals surface area (Å²) in [6, 6.07) is 3.76. The smallest absolute Gasteiger partial charge is 0.416 e. The summed E-state index contributed by atoms with van der Waals surface area (Å²) >= 11 is 0. The molecule has 2 nitrogen and oxygen atoms in total. The molecular formula is C8H4F3NO. The zero-order chi connectivity index (χ0) is 10.1. The van der Waals surface area contributed by atoms with Gasteiger partial charge in [-0.1, -0.05) is 0 Å². The van der Waals surface area contributed by atoms with Crippen molar-refractivity contribution >= 4 is 0 Å². The highest BCUT2D eigenvalue weighted by Gasteiger charge is 2.30. The number of aromatic hydroxyl groups is 1. The minimum atomic E-state index is -4.49. The molecule has 0 aliphatic carbocycles. The van der Waals surface area contributed by atoms with Crippen LogP contribution in [0.1, 0.15) is 11.1 Å². The third kappa shape index (κ3) is 1.90. The second kappa shape index (κ2) is 2.98. The minimum absolute atomic E-state index is 0.173. The maximum absolute atomic E-state index is 12.0. The van der Waals surface area contributed by atoms with Crippen LogP contribution in [0.5, 0.6) is 5.75 Å². The van der Waals surface area contributed by atoms with E-state index in [0.717, 1.165) is 12.1 Å². The Hall–Kier alpha value is -1.70. The Balaban J connectivity index is 3.20. The first-order valence-corrected chi connectivity index (χ1v) is 3.25. The molecule has 0 spiro atoms. The molecule has 0 aliphatic rings.